The predicted octanol–water partition coefficient (Wildman–Crippen LogP) is 2.26. The molecule has 1 aromatic carbocycles. The number of amides is 1. The second kappa shape index (κ2) is 8.51. The number of ether oxygens (including phenoxy) is 2. The molecule has 0 saturated heterocycles. The highest BCUT2D eigenvalue weighted by molar-refractivity contribution is 5.88. The number of carbonyl (C=O) groups is 2. The van der Waals surface area contributed by atoms with E-state index in [1.54, 1.807) is 31.2 Å². The Labute approximate surface area is 151 Å². The number of carbonyl (C=O) groups excluding carboxylic acids is 2. The van der Waals surface area contributed by atoms with Crippen LogP contribution in [0, 0.1) is 5.92 Å². The second-order valence-electron chi connectivity index (χ2n) is 6.40. The normalized spacial score (nSPS) is 13.3. The van der Waals surface area contributed by atoms with Crippen molar-refractivity contribution in [3.63, 3.8) is 0 Å². The van der Waals surface area contributed by atoms with Crippen molar-refractivity contribution in [1.29, 1.82) is 0 Å². The molecule has 0 saturated carbocycles. The molecule has 1 N–H and O–H groups in total. The summed E-state index contributed by atoms with van der Waals surface area (Å²) in [5.74, 6) is -0.542. The highest BCUT2D eigenvalue weighted by Gasteiger charge is 2.26. The summed E-state index contributed by atoms with van der Waals surface area (Å²) < 4.78 is 15.5. The van der Waals surface area contributed by atoms with E-state index in [1.807, 2.05) is 13.8 Å². The molecule has 0 fully saturated rings. The van der Waals surface area contributed by atoms with Crippen molar-refractivity contribution >= 4 is 22.8 Å². The quantitative estimate of drug-likeness (QED) is 0.600. The molecule has 0 radical (unpaired) electrons. The number of para-hydroxylation sites is 1. The molecule has 0 spiro atoms. The van der Waals surface area contributed by atoms with Gasteiger partial charge in [0.05, 0.1) is 18.6 Å². The Hall–Kier alpha value is -2.83. The number of rotatable bonds is 7. The molecule has 7 heteroatoms. The SMILES string of the molecule is COC(=O)C(CC(C)C)NC(=O)C(C)Oc1cc(=O)oc2ccccc12. The number of hydrogen-bond donors (Lipinski definition) is 1. The van der Waals surface area contributed by atoms with E-state index in [0.29, 0.717) is 17.4 Å². The Morgan fingerprint density at radius 1 is 1.19 bits per heavy atom. The fourth-order valence-electron chi connectivity index (χ4n) is 2.54. The smallest absolute Gasteiger partial charge is 0.339 e. The van der Waals surface area contributed by atoms with Gasteiger partial charge < -0.3 is 19.2 Å². The van der Waals surface area contributed by atoms with Crippen LogP contribution in [0.25, 0.3) is 11.0 Å². The van der Waals surface area contributed by atoms with E-state index in [9.17, 15) is 14.4 Å². The molecular formula is C19H23NO6. The lowest BCUT2D eigenvalue weighted by atomic mass is 10.0. The predicted molar refractivity (Wildman–Crippen MR) is 96.0 cm³/mol. The van der Waals surface area contributed by atoms with Crippen LogP contribution in [0.3, 0.4) is 0 Å². The Bertz CT molecular complexity index is 841. The molecule has 1 heterocycles. The van der Waals surface area contributed by atoms with Gasteiger partial charge >= 0.3 is 11.6 Å². The lowest BCUT2D eigenvalue weighted by Crippen LogP contribution is -2.47. The summed E-state index contributed by atoms with van der Waals surface area (Å²) in [6.45, 7) is 5.43. The van der Waals surface area contributed by atoms with E-state index < -0.39 is 29.6 Å². The molecule has 2 atom stereocenters. The minimum Gasteiger partial charge on any atom is -0.480 e. The van der Waals surface area contributed by atoms with Crippen molar-refractivity contribution < 1.29 is 23.5 Å². The van der Waals surface area contributed by atoms with Gasteiger partial charge in [0, 0.05) is 0 Å². The first-order chi connectivity index (χ1) is 12.3. The van der Waals surface area contributed by atoms with Crippen molar-refractivity contribution in [2.45, 2.75) is 39.3 Å². The van der Waals surface area contributed by atoms with Gasteiger partial charge in [-0.2, -0.15) is 0 Å². The molecule has 0 aliphatic heterocycles. The zero-order valence-electron chi connectivity index (χ0n) is 15.3. The lowest BCUT2D eigenvalue weighted by molar-refractivity contribution is -0.146. The summed E-state index contributed by atoms with van der Waals surface area (Å²) in [4.78, 5) is 36.0. The molecular weight excluding hydrogens is 338 g/mol. The highest BCUT2D eigenvalue weighted by Crippen LogP contribution is 2.24. The first kappa shape index (κ1) is 19.5. The van der Waals surface area contributed by atoms with Gasteiger partial charge in [-0.15, -0.1) is 0 Å². The standard InChI is InChI=1S/C19H23NO6/c1-11(2)9-14(19(23)24-4)20-18(22)12(3)25-16-10-17(21)26-15-8-6-5-7-13(15)16/h5-8,10-12,14H,9H2,1-4H3,(H,20,22). The van der Waals surface area contributed by atoms with Gasteiger partial charge in [0.15, 0.2) is 6.10 Å². The van der Waals surface area contributed by atoms with Crippen molar-refractivity contribution in [3.05, 3.63) is 40.8 Å². The van der Waals surface area contributed by atoms with E-state index in [-0.39, 0.29) is 11.7 Å². The van der Waals surface area contributed by atoms with E-state index in [0.717, 1.165) is 0 Å². The minimum absolute atomic E-state index is 0.193. The fourth-order valence-corrected chi connectivity index (χ4v) is 2.54. The maximum atomic E-state index is 12.4. The topological polar surface area (TPSA) is 94.8 Å². The molecule has 1 amide bonds. The molecule has 1 aromatic heterocycles. The van der Waals surface area contributed by atoms with Gasteiger partial charge in [-0.25, -0.2) is 9.59 Å². The first-order valence-corrected chi connectivity index (χ1v) is 8.39. The van der Waals surface area contributed by atoms with Gasteiger partial charge in [0.25, 0.3) is 5.91 Å². The number of methoxy groups -OCH3 is 1. The second-order valence-corrected chi connectivity index (χ2v) is 6.40. The molecule has 0 aliphatic rings. The van der Waals surface area contributed by atoms with E-state index in [2.05, 4.69) is 5.32 Å². The van der Waals surface area contributed by atoms with Crippen LogP contribution in [-0.4, -0.2) is 31.1 Å². The van der Waals surface area contributed by atoms with Gasteiger partial charge in [-0.05, 0) is 31.4 Å². The van der Waals surface area contributed by atoms with E-state index >= 15 is 0 Å². The third kappa shape index (κ3) is 4.84. The number of fused-ring (bicyclic) bond motifs is 1. The van der Waals surface area contributed by atoms with Crippen LogP contribution in [0.2, 0.25) is 0 Å². The van der Waals surface area contributed by atoms with E-state index in [1.165, 1.54) is 13.2 Å². The first-order valence-electron chi connectivity index (χ1n) is 8.39. The maximum absolute atomic E-state index is 12.4. The average molecular weight is 361 g/mol. The number of nitrogens with one attached hydrogen (secondary N) is 1. The number of esters is 1. The highest BCUT2D eigenvalue weighted by atomic mass is 16.5. The zero-order chi connectivity index (χ0) is 19.3. The van der Waals surface area contributed by atoms with Gasteiger partial charge in [-0.3, -0.25) is 4.79 Å². The van der Waals surface area contributed by atoms with Crippen LogP contribution < -0.4 is 15.7 Å². The third-order valence-electron chi connectivity index (χ3n) is 3.79. The van der Waals surface area contributed by atoms with Crippen LogP contribution in [0.4, 0.5) is 0 Å². The maximum Gasteiger partial charge on any atom is 0.339 e. The molecule has 2 unspecified atom stereocenters. The van der Waals surface area contributed by atoms with Crippen molar-refractivity contribution in [2.24, 2.45) is 5.92 Å². The van der Waals surface area contributed by atoms with Crippen LogP contribution >= 0.6 is 0 Å². The summed E-state index contributed by atoms with van der Waals surface area (Å²) in [5, 5.41) is 3.22. The summed E-state index contributed by atoms with van der Waals surface area (Å²) in [6.07, 6.45) is -0.470. The van der Waals surface area contributed by atoms with Crippen LogP contribution in [0.1, 0.15) is 27.2 Å². The fraction of sp³-hybridized carbons (Fsp3) is 0.421. The summed E-state index contributed by atoms with van der Waals surface area (Å²) in [7, 11) is 1.27. The summed E-state index contributed by atoms with van der Waals surface area (Å²) in [5.41, 5.74) is -0.201. The molecule has 2 rings (SSSR count). The lowest BCUT2D eigenvalue weighted by Gasteiger charge is -2.21. The number of benzene rings is 1. The Kier molecular flexibility index (Phi) is 6.38. The van der Waals surface area contributed by atoms with Crippen LogP contribution in [-0.2, 0) is 14.3 Å². The Morgan fingerprint density at radius 3 is 2.54 bits per heavy atom. The summed E-state index contributed by atoms with van der Waals surface area (Å²) >= 11 is 0. The van der Waals surface area contributed by atoms with Crippen molar-refractivity contribution in [1.82, 2.24) is 5.32 Å². The largest absolute Gasteiger partial charge is 0.480 e. The zero-order valence-corrected chi connectivity index (χ0v) is 15.3. The minimum atomic E-state index is -0.917. The average Bonchev–Trinajstić information content (AvgIpc) is 2.59. The molecule has 0 bridgehead atoms. The summed E-state index contributed by atoms with van der Waals surface area (Å²) in [6, 6.07) is 7.32. The molecule has 7 nitrogen and oxygen atoms in total. The van der Waals surface area contributed by atoms with Gasteiger partial charge in [0.1, 0.15) is 17.4 Å². The van der Waals surface area contributed by atoms with Crippen molar-refractivity contribution in [2.75, 3.05) is 7.11 Å². The molecule has 2 aromatic rings. The Balaban J connectivity index is 2.16. The van der Waals surface area contributed by atoms with Crippen molar-refractivity contribution in [3.8, 4) is 5.75 Å². The third-order valence-corrected chi connectivity index (χ3v) is 3.79. The van der Waals surface area contributed by atoms with Gasteiger partial charge in [0.2, 0.25) is 0 Å². The van der Waals surface area contributed by atoms with E-state index in [4.69, 9.17) is 13.9 Å². The molecule has 26 heavy (non-hydrogen) atoms. The molecule has 140 valence electrons. The van der Waals surface area contributed by atoms with Gasteiger partial charge in [-0.1, -0.05) is 26.0 Å². The van der Waals surface area contributed by atoms with Crippen LogP contribution in [0.5, 0.6) is 5.75 Å². The number of hydrogen-bond acceptors (Lipinski definition) is 6. The van der Waals surface area contributed by atoms with Crippen LogP contribution in [0.15, 0.2) is 39.5 Å². The molecule has 0 aliphatic carbocycles. The monoisotopic (exact) mass is 361 g/mol. The Morgan fingerprint density at radius 2 is 1.88 bits per heavy atom.